The molecule has 188 valence electrons. The fourth-order valence-electron chi connectivity index (χ4n) is 5.04. The van der Waals surface area contributed by atoms with Crippen LogP contribution in [-0.2, 0) is 20.4 Å². The third-order valence-corrected chi connectivity index (χ3v) is 6.82. The first-order valence-electron chi connectivity index (χ1n) is 12.4. The quantitative estimate of drug-likeness (QED) is 0.381. The van der Waals surface area contributed by atoms with Crippen LogP contribution in [0.5, 0.6) is 0 Å². The van der Waals surface area contributed by atoms with Gasteiger partial charge < -0.3 is 9.80 Å². The molecule has 35 heavy (non-hydrogen) atoms. The van der Waals surface area contributed by atoms with Crippen molar-refractivity contribution in [2.24, 2.45) is 0 Å². The lowest BCUT2D eigenvalue weighted by molar-refractivity contribution is -0.385. The molecule has 0 aliphatic carbocycles. The Morgan fingerprint density at radius 1 is 0.800 bits per heavy atom. The molecule has 2 aromatic rings. The second-order valence-electron chi connectivity index (χ2n) is 10.7. The van der Waals surface area contributed by atoms with Gasteiger partial charge in [0.15, 0.2) is 0 Å². The highest BCUT2D eigenvalue weighted by Crippen LogP contribution is 2.42. The second-order valence-corrected chi connectivity index (χ2v) is 10.7. The van der Waals surface area contributed by atoms with Gasteiger partial charge in [0.05, 0.1) is 4.92 Å². The summed E-state index contributed by atoms with van der Waals surface area (Å²) in [7, 11) is 0. The van der Waals surface area contributed by atoms with E-state index in [1.165, 1.54) is 11.6 Å². The summed E-state index contributed by atoms with van der Waals surface area (Å²) in [5, 5.41) is 10.9. The van der Waals surface area contributed by atoms with E-state index in [-0.39, 0.29) is 28.3 Å². The van der Waals surface area contributed by atoms with Gasteiger partial charge in [0.2, 0.25) is 11.8 Å². The number of anilines is 2. The molecule has 0 atom stereocenters. The second kappa shape index (κ2) is 10.2. The van der Waals surface area contributed by atoms with E-state index in [9.17, 15) is 19.7 Å². The Bertz CT molecular complexity index is 1120. The summed E-state index contributed by atoms with van der Waals surface area (Å²) in [5.74, 6) is 0.346. The van der Waals surface area contributed by atoms with Crippen LogP contribution >= 0.6 is 0 Å². The lowest BCUT2D eigenvalue weighted by Crippen LogP contribution is -2.42. The topological polar surface area (TPSA) is 83.8 Å². The van der Waals surface area contributed by atoms with E-state index in [4.69, 9.17) is 0 Å². The van der Waals surface area contributed by atoms with Gasteiger partial charge in [-0.1, -0.05) is 59.7 Å². The van der Waals surface area contributed by atoms with Crippen LogP contribution in [-0.4, -0.2) is 29.8 Å². The summed E-state index contributed by atoms with van der Waals surface area (Å²) in [6.45, 7) is 13.8. The third kappa shape index (κ3) is 5.39. The van der Waals surface area contributed by atoms with Crippen molar-refractivity contribution in [3.05, 3.63) is 63.7 Å². The minimum atomic E-state index is -0.392. The van der Waals surface area contributed by atoms with E-state index in [1.807, 2.05) is 31.7 Å². The zero-order chi connectivity index (χ0) is 26.0. The highest BCUT2D eigenvalue weighted by molar-refractivity contribution is 5.98. The number of benzene rings is 2. The van der Waals surface area contributed by atoms with E-state index in [1.54, 1.807) is 17.0 Å². The Kier molecular flexibility index (Phi) is 7.68. The molecule has 0 saturated carbocycles. The van der Waals surface area contributed by atoms with Gasteiger partial charge in [-0.2, -0.15) is 0 Å². The number of hydrogen-bond donors (Lipinski definition) is 0. The zero-order valence-electron chi connectivity index (χ0n) is 21.8. The summed E-state index contributed by atoms with van der Waals surface area (Å²) >= 11 is 0. The van der Waals surface area contributed by atoms with E-state index in [0.29, 0.717) is 19.4 Å². The maximum absolute atomic E-state index is 12.2. The van der Waals surface area contributed by atoms with Crippen LogP contribution in [0.2, 0.25) is 0 Å². The number of carbonyl (C=O) groups is 2. The van der Waals surface area contributed by atoms with Crippen molar-refractivity contribution in [1.82, 2.24) is 0 Å². The van der Waals surface area contributed by atoms with Gasteiger partial charge in [-0.25, -0.2) is 0 Å². The van der Waals surface area contributed by atoms with Crippen LogP contribution in [0.3, 0.4) is 0 Å². The molecule has 2 aromatic carbocycles. The van der Waals surface area contributed by atoms with Crippen LogP contribution in [0.4, 0.5) is 17.1 Å². The van der Waals surface area contributed by atoms with Gasteiger partial charge in [0, 0.05) is 60.3 Å². The molecule has 0 unspecified atom stereocenters. The monoisotopic (exact) mass is 479 g/mol. The smallest absolute Gasteiger partial charge is 0.269 e. The number of hydrogen-bond acceptors (Lipinski definition) is 4. The van der Waals surface area contributed by atoms with Gasteiger partial charge in [-0.15, -0.1) is 0 Å². The Hall–Kier alpha value is -3.22. The molecule has 0 bridgehead atoms. The van der Waals surface area contributed by atoms with E-state index < -0.39 is 4.92 Å². The first-order valence-corrected chi connectivity index (χ1v) is 12.4. The van der Waals surface area contributed by atoms with Crippen LogP contribution < -0.4 is 9.80 Å². The minimum Gasteiger partial charge on any atom is -0.312 e. The van der Waals surface area contributed by atoms with Crippen molar-refractivity contribution < 1.29 is 14.5 Å². The van der Waals surface area contributed by atoms with E-state index in [0.717, 1.165) is 36.3 Å². The first-order chi connectivity index (χ1) is 16.4. The Balaban J connectivity index is 0.000000198. The molecule has 7 heteroatoms. The van der Waals surface area contributed by atoms with Crippen molar-refractivity contribution in [3.8, 4) is 0 Å². The molecule has 0 saturated heterocycles. The standard InChI is InChI=1S/C14H18N2O3.C14H19NO/c1-4-7-15-12-6-5-10(16(18)19)8-11(12)14(2,3)9-13(15)17;1-4-9-15-12-8-6-5-7-11(12)14(2,3)10-13(15)16/h5-6,8H,4,7,9H2,1-3H3;5-8H,4,9-10H2,1-3H3. The number of non-ortho nitro benzene ring substituents is 1. The molecule has 4 rings (SSSR count). The number of amides is 2. The zero-order valence-corrected chi connectivity index (χ0v) is 21.8. The number of nitro benzene ring substituents is 1. The highest BCUT2D eigenvalue weighted by atomic mass is 16.6. The van der Waals surface area contributed by atoms with Crippen LogP contribution in [0, 0.1) is 10.1 Å². The summed E-state index contributed by atoms with van der Waals surface area (Å²) < 4.78 is 0. The fourth-order valence-corrected chi connectivity index (χ4v) is 5.04. The number of nitro groups is 1. The molecule has 2 heterocycles. The van der Waals surface area contributed by atoms with Crippen molar-refractivity contribution in [2.75, 3.05) is 22.9 Å². The molecule has 0 radical (unpaired) electrons. The lowest BCUT2D eigenvalue weighted by atomic mass is 9.77. The fraction of sp³-hybridized carbons (Fsp3) is 0.500. The van der Waals surface area contributed by atoms with Crippen LogP contribution in [0.25, 0.3) is 0 Å². The van der Waals surface area contributed by atoms with Crippen molar-refractivity contribution >= 4 is 28.9 Å². The average Bonchev–Trinajstić information content (AvgIpc) is 2.79. The van der Waals surface area contributed by atoms with E-state index in [2.05, 4.69) is 39.0 Å². The molecule has 2 aliphatic heterocycles. The molecular formula is C28H37N3O4. The van der Waals surface area contributed by atoms with Crippen molar-refractivity contribution in [2.45, 2.75) is 78.1 Å². The first kappa shape index (κ1) is 26.4. The average molecular weight is 480 g/mol. The molecule has 0 aromatic heterocycles. The number of para-hydroxylation sites is 1. The van der Waals surface area contributed by atoms with Gasteiger partial charge in [-0.05, 0) is 36.1 Å². The molecule has 2 aliphatic rings. The van der Waals surface area contributed by atoms with Crippen molar-refractivity contribution in [3.63, 3.8) is 0 Å². The van der Waals surface area contributed by atoms with Gasteiger partial charge >= 0.3 is 0 Å². The molecular weight excluding hydrogens is 442 g/mol. The molecule has 7 nitrogen and oxygen atoms in total. The lowest BCUT2D eigenvalue weighted by Gasteiger charge is -2.38. The number of fused-ring (bicyclic) bond motifs is 2. The third-order valence-electron chi connectivity index (χ3n) is 6.82. The Labute approximate surface area is 208 Å². The van der Waals surface area contributed by atoms with Crippen LogP contribution in [0.1, 0.15) is 78.4 Å². The van der Waals surface area contributed by atoms with Gasteiger partial charge in [-0.3, -0.25) is 19.7 Å². The van der Waals surface area contributed by atoms with Crippen LogP contribution in [0.15, 0.2) is 42.5 Å². The normalized spacial score (nSPS) is 17.8. The van der Waals surface area contributed by atoms with Gasteiger partial charge in [0.25, 0.3) is 5.69 Å². The largest absolute Gasteiger partial charge is 0.312 e. The van der Waals surface area contributed by atoms with Gasteiger partial charge in [0.1, 0.15) is 0 Å². The molecule has 0 N–H and O–H groups in total. The summed E-state index contributed by atoms with van der Waals surface area (Å²) in [4.78, 5) is 38.4. The predicted octanol–water partition coefficient (Wildman–Crippen LogP) is 6.13. The Morgan fingerprint density at radius 3 is 1.80 bits per heavy atom. The summed E-state index contributed by atoms with van der Waals surface area (Å²) in [5.41, 5.74) is 3.79. The SMILES string of the molecule is CCCN1C(=O)CC(C)(C)c2cc([N+](=O)[O-])ccc21.CCCN1C(=O)CC(C)(C)c2ccccc21. The number of carbonyl (C=O) groups excluding carboxylic acids is 2. The summed E-state index contributed by atoms with van der Waals surface area (Å²) in [6, 6.07) is 13.0. The molecule has 0 fully saturated rings. The van der Waals surface area contributed by atoms with Crippen molar-refractivity contribution in [1.29, 1.82) is 0 Å². The maximum Gasteiger partial charge on any atom is 0.269 e. The summed E-state index contributed by atoms with van der Waals surface area (Å²) in [6.07, 6.45) is 2.87. The highest BCUT2D eigenvalue weighted by Gasteiger charge is 2.37. The molecule has 2 amide bonds. The number of rotatable bonds is 5. The molecule has 0 spiro atoms. The predicted molar refractivity (Wildman–Crippen MR) is 140 cm³/mol. The Morgan fingerprint density at radius 2 is 1.29 bits per heavy atom. The number of nitrogens with zero attached hydrogens (tertiary/aromatic N) is 3. The maximum atomic E-state index is 12.2. The van der Waals surface area contributed by atoms with E-state index >= 15 is 0 Å². The minimum absolute atomic E-state index is 0.0298.